The second kappa shape index (κ2) is 6.26. The van der Waals surface area contributed by atoms with Gasteiger partial charge in [-0.15, -0.1) is 0 Å². The van der Waals surface area contributed by atoms with E-state index in [9.17, 15) is 22.8 Å². The van der Waals surface area contributed by atoms with Crippen molar-refractivity contribution in [3.05, 3.63) is 46.6 Å². The lowest BCUT2D eigenvalue weighted by molar-refractivity contribution is 0.0693. The van der Waals surface area contributed by atoms with Crippen LogP contribution in [0.2, 0.25) is 0 Å². The quantitative estimate of drug-likeness (QED) is 0.766. The highest BCUT2D eigenvalue weighted by Crippen LogP contribution is 2.28. The predicted octanol–water partition coefficient (Wildman–Crippen LogP) is 1.03. The van der Waals surface area contributed by atoms with Crippen molar-refractivity contribution in [3.8, 4) is 0 Å². The average Bonchev–Trinajstić information content (AvgIpc) is 3.26. The van der Waals surface area contributed by atoms with Crippen LogP contribution in [-0.2, 0) is 9.84 Å². The van der Waals surface area contributed by atoms with Gasteiger partial charge in [0.15, 0.2) is 9.84 Å². The molecule has 1 N–H and O–H groups in total. The molecule has 2 aliphatic heterocycles. The van der Waals surface area contributed by atoms with E-state index >= 15 is 0 Å². The van der Waals surface area contributed by atoms with Crippen LogP contribution < -0.4 is 5.32 Å². The molecular formula is C18H18N4O5S. The Balaban J connectivity index is 1.61. The fourth-order valence-electron chi connectivity index (χ4n) is 3.55. The van der Waals surface area contributed by atoms with E-state index in [0.717, 1.165) is 4.90 Å². The van der Waals surface area contributed by atoms with Crippen molar-refractivity contribution in [2.75, 3.05) is 23.9 Å². The summed E-state index contributed by atoms with van der Waals surface area (Å²) in [7, 11) is -1.71. The average molecular weight is 402 g/mol. The molecule has 2 aromatic rings. The van der Waals surface area contributed by atoms with Crippen LogP contribution in [-0.4, -0.2) is 59.4 Å². The maximum atomic E-state index is 12.7. The van der Waals surface area contributed by atoms with Crippen molar-refractivity contribution in [2.45, 2.75) is 19.4 Å². The van der Waals surface area contributed by atoms with E-state index < -0.39 is 27.6 Å². The number of fused-ring (bicyclic) bond motifs is 1. The van der Waals surface area contributed by atoms with Gasteiger partial charge in [0, 0.05) is 18.7 Å². The molecule has 10 heteroatoms. The molecule has 1 saturated heterocycles. The lowest BCUT2D eigenvalue weighted by atomic mass is 10.1. The van der Waals surface area contributed by atoms with Crippen LogP contribution in [0.4, 0.5) is 5.82 Å². The zero-order valence-electron chi connectivity index (χ0n) is 15.3. The summed E-state index contributed by atoms with van der Waals surface area (Å²) in [5.41, 5.74) is 1.32. The number of anilines is 1. The molecule has 0 aliphatic carbocycles. The molecule has 4 rings (SSSR count). The van der Waals surface area contributed by atoms with Gasteiger partial charge in [0.05, 0.1) is 34.4 Å². The number of aromatic nitrogens is 2. The van der Waals surface area contributed by atoms with Crippen LogP contribution in [0.5, 0.6) is 0 Å². The highest BCUT2D eigenvalue weighted by Gasteiger charge is 2.34. The summed E-state index contributed by atoms with van der Waals surface area (Å²) in [5.74, 6) is -0.851. The second-order valence-electron chi connectivity index (χ2n) is 7.06. The Morgan fingerprint density at radius 2 is 1.89 bits per heavy atom. The van der Waals surface area contributed by atoms with Crippen LogP contribution >= 0.6 is 0 Å². The molecule has 0 bridgehead atoms. The number of aryl methyl sites for hydroxylation is 1. The molecule has 9 nitrogen and oxygen atoms in total. The van der Waals surface area contributed by atoms with E-state index in [1.165, 1.54) is 29.9 Å². The molecule has 1 aromatic heterocycles. The summed E-state index contributed by atoms with van der Waals surface area (Å²) < 4.78 is 25.1. The van der Waals surface area contributed by atoms with E-state index in [2.05, 4.69) is 10.4 Å². The van der Waals surface area contributed by atoms with Crippen molar-refractivity contribution in [1.82, 2.24) is 14.7 Å². The van der Waals surface area contributed by atoms with Crippen LogP contribution in [0, 0.1) is 6.92 Å². The van der Waals surface area contributed by atoms with Crippen LogP contribution in [0.25, 0.3) is 0 Å². The highest BCUT2D eigenvalue weighted by molar-refractivity contribution is 7.91. The number of hydrogen-bond donors (Lipinski definition) is 1. The monoisotopic (exact) mass is 402 g/mol. The Morgan fingerprint density at radius 3 is 2.57 bits per heavy atom. The summed E-state index contributed by atoms with van der Waals surface area (Å²) in [5, 5.41) is 7.06. The summed E-state index contributed by atoms with van der Waals surface area (Å²) in [6.45, 7) is 1.76. The largest absolute Gasteiger partial charge is 0.307 e. The minimum atomic E-state index is -3.10. The van der Waals surface area contributed by atoms with Gasteiger partial charge in [-0.2, -0.15) is 5.10 Å². The summed E-state index contributed by atoms with van der Waals surface area (Å²) in [6.07, 6.45) is 0.439. The number of benzene rings is 1. The van der Waals surface area contributed by atoms with Gasteiger partial charge in [-0.05, 0) is 31.5 Å². The lowest BCUT2D eigenvalue weighted by Gasteiger charge is -2.14. The molecule has 3 amide bonds. The van der Waals surface area contributed by atoms with Gasteiger partial charge in [0.25, 0.3) is 17.7 Å². The van der Waals surface area contributed by atoms with Crippen molar-refractivity contribution in [1.29, 1.82) is 0 Å². The number of nitrogens with zero attached hydrogens (tertiary/aromatic N) is 3. The Labute approximate surface area is 161 Å². The number of hydrogen-bond acceptors (Lipinski definition) is 6. The Morgan fingerprint density at radius 1 is 1.18 bits per heavy atom. The van der Waals surface area contributed by atoms with E-state index in [4.69, 9.17) is 0 Å². The first-order valence-corrected chi connectivity index (χ1v) is 10.5. The second-order valence-corrected chi connectivity index (χ2v) is 9.28. The van der Waals surface area contributed by atoms with Gasteiger partial charge in [-0.3, -0.25) is 19.3 Å². The normalized spacial score (nSPS) is 20.5. The first-order valence-electron chi connectivity index (χ1n) is 8.70. The van der Waals surface area contributed by atoms with Crippen LogP contribution in [0.15, 0.2) is 24.3 Å². The molecule has 146 valence electrons. The fraction of sp³-hybridized carbons (Fsp3) is 0.333. The predicted molar refractivity (Wildman–Crippen MR) is 100 cm³/mol. The van der Waals surface area contributed by atoms with Gasteiger partial charge in [0.1, 0.15) is 5.82 Å². The molecule has 0 saturated carbocycles. The number of amides is 3. The van der Waals surface area contributed by atoms with Crippen LogP contribution in [0.1, 0.15) is 49.2 Å². The first kappa shape index (κ1) is 18.4. The molecule has 1 aromatic carbocycles. The van der Waals surface area contributed by atoms with Crippen LogP contribution in [0.3, 0.4) is 0 Å². The van der Waals surface area contributed by atoms with Gasteiger partial charge in [-0.1, -0.05) is 0 Å². The number of sulfone groups is 1. The number of rotatable bonds is 3. The van der Waals surface area contributed by atoms with E-state index in [1.54, 1.807) is 13.0 Å². The third-order valence-corrected chi connectivity index (χ3v) is 6.76. The highest BCUT2D eigenvalue weighted by atomic mass is 32.2. The van der Waals surface area contributed by atoms with Crippen molar-refractivity contribution in [3.63, 3.8) is 0 Å². The Hall–Kier alpha value is -3.01. The van der Waals surface area contributed by atoms with E-state index in [0.29, 0.717) is 17.9 Å². The van der Waals surface area contributed by atoms with E-state index in [1.807, 2.05) is 0 Å². The molecule has 1 unspecified atom stereocenters. The molecule has 1 fully saturated rings. The minimum absolute atomic E-state index is 0.0151. The number of carbonyl (C=O) groups excluding carboxylic acids is 3. The maximum absolute atomic E-state index is 12.7. The fourth-order valence-corrected chi connectivity index (χ4v) is 5.24. The number of nitrogens with one attached hydrogen (secondary N) is 1. The molecule has 2 aliphatic rings. The van der Waals surface area contributed by atoms with Crippen molar-refractivity contribution < 1.29 is 22.8 Å². The Bertz CT molecular complexity index is 1130. The molecular weight excluding hydrogens is 384 g/mol. The SMILES string of the molecule is Cc1cc(NC(=O)c2ccc3c(c2)C(=O)N(C)C3=O)n(C2CCS(=O)(=O)C2)n1. The summed E-state index contributed by atoms with van der Waals surface area (Å²) in [4.78, 5) is 37.8. The topological polar surface area (TPSA) is 118 Å². The lowest BCUT2D eigenvalue weighted by Crippen LogP contribution is -2.24. The number of imide groups is 1. The molecule has 3 heterocycles. The number of carbonyl (C=O) groups is 3. The first-order chi connectivity index (χ1) is 13.2. The molecule has 28 heavy (non-hydrogen) atoms. The summed E-state index contributed by atoms with van der Waals surface area (Å²) >= 11 is 0. The van der Waals surface area contributed by atoms with E-state index in [-0.39, 0.29) is 34.2 Å². The van der Waals surface area contributed by atoms with Crippen molar-refractivity contribution >= 4 is 33.4 Å². The van der Waals surface area contributed by atoms with Gasteiger partial charge >= 0.3 is 0 Å². The van der Waals surface area contributed by atoms with Crippen molar-refractivity contribution in [2.24, 2.45) is 0 Å². The van der Waals surface area contributed by atoms with Gasteiger partial charge < -0.3 is 5.32 Å². The van der Waals surface area contributed by atoms with Gasteiger partial charge in [-0.25, -0.2) is 13.1 Å². The zero-order chi connectivity index (χ0) is 20.2. The molecule has 0 radical (unpaired) electrons. The van der Waals surface area contributed by atoms with Gasteiger partial charge in [0.2, 0.25) is 0 Å². The molecule has 0 spiro atoms. The minimum Gasteiger partial charge on any atom is -0.307 e. The molecule has 1 atom stereocenters. The summed E-state index contributed by atoms with van der Waals surface area (Å²) in [6, 6.07) is 5.66. The third-order valence-electron chi connectivity index (χ3n) is 5.01. The zero-order valence-corrected chi connectivity index (χ0v) is 16.1. The third kappa shape index (κ3) is 2.99. The Kier molecular flexibility index (Phi) is 4.11. The smallest absolute Gasteiger partial charge is 0.261 e. The standard InChI is InChI=1S/C18H18N4O5S/c1-10-7-15(22(20-10)12-5-6-28(26,27)9-12)19-16(23)11-3-4-13-14(8-11)18(25)21(2)17(13)24/h3-4,7-8,12H,5-6,9H2,1-2H3,(H,19,23). The maximum Gasteiger partial charge on any atom is 0.261 e.